The highest BCUT2D eigenvalue weighted by Crippen LogP contribution is 2.42. The second-order valence-electron chi connectivity index (χ2n) is 9.73. The predicted octanol–water partition coefficient (Wildman–Crippen LogP) is 5.64. The van der Waals surface area contributed by atoms with E-state index in [2.05, 4.69) is 122 Å². The van der Waals surface area contributed by atoms with Crippen molar-refractivity contribution in [3.8, 4) is 22.3 Å². The Balaban J connectivity index is 1.72. The van der Waals surface area contributed by atoms with Crippen molar-refractivity contribution in [2.45, 2.75) is 6.92 Å². The predicted molar refractivity (Wildman–Crippen MR) is 148 cm³/mol. The average molecular weight is 447 g/mol. The van der Waals surface area contributed by atoms with Crippen molar-refractivity contribution in [2.24, 2.45) is 0 Å². The number of benzene rings is 6. The van der Waals surface area contributed by atoms with Crippen LogP contribution in [-0.4, -0.2) is 8.07 Å². The molecule has 1 heteroatoms. The molecular weight excluding hydrogens is 424 g/mol. The SMILES string of the molecule is Cc1ccc2c(c1)-c1c(c3ccccc3c3ccccc13)[Si]21c2ccccc2-c2ccccc21. The van der Waals surface area contributed by atoms with Gasteiger partial charge in [0, 0.05) is 0 Å². The first-order valence-corrected chi connectivity index (χ1v) is 14.0. The van der Waals surface area contributed by atoms with Crippen molar-refractivity contribution in [1.82, 2.24) is 0 Å². The van der Waals surface area contributed by atoms with Crippen LogP contribution in [0.25, 0.3) is 43.8 Å². The molecule has 34 heavy (non-hydrogen) atoms. The highest BCUT2D eigenvalue weighted by Gasteiger charge is 2.55. The maximum absolute atomic E-state index is 2.46. The van der Waals surface area contributed by atoms with Crippen LogP contribution in [0, 0.1) is 6.92 Å². The summed E-state index contributed by atoms with van der Waals surface area (Å²) in [5.74, 6) is 0. The largest absolute Gasteiger partial charge is 0.182 e. The van der Waals surface area contributed by atoms with Gasteiger partial charge in [0.1, 0.15) is 0 Å². The number of rotatable bonds is 0. The lowest BCUT2D eigenvalue weighted by Gasteiger charge is -2.29. The van der Waals surface area contributed by atoms with E-state index in [1.807, 2.05) is 0 Å². The molecule has 2 aliphatic heterocycles. The lowest BCUT2D eigenvalue weighted by atomic mass is 9.93. The summed E-state index contributed by atoms with van der Waals surface area (Å²) in [6.07, 6.45) is 0. The van der Waals surface area contributed by atoms with Crippen LogP contribution < -0.4 is 20.7 Å². The van der Waals surface area contributed by atoms with Crippen LogP contribution >= 0.6 is 0 Å². The van der Waals surface area contributed by atoms with E-state index < -0.39 is 8.07 Å². The number of hydrogen-bond acceptors (Lipinski definition) is 0. The normalized spacial score (nSPS) is 14.3. The molecule has 0 saturated carbocycles. The van der Waals surface area contributed by atoms with Crippen LogP contribution in [0.2, 0.25) is 0 Å². The molecular formula is C33H22Si. The third-order valence-electron chi connectivity index (χ3n) is 8.11. The molecule has 0 atom stereocenters. The van der Waals surface area contributed by atoms with Crippen LogP contribution in [0.3, 0.4) is 0 Å². The van der Waals surface area contributed by atoms with Gasteiger partial charge in [0.25, 0.3) is 0 Å². The fourth-order valence-corrected chi connectivity index (χ4v) is 12.7. The number of aryl methyl sites for hydroxylation is 1. The zero-order chi connectivity index (χ0) is 22.4. The van der Waals surface area contributed by atoms with Gasteiger partial charge in [-0.1, -0.05) is 121 Å². The summed E-state index contributed by atoms with van der Waals surface area (Å²) >= 11 is 0. The summed E-state index contributed by atoms with van der Waals surface area (Å²) in [4.78, 5) is 0. The zero-order valence-electron chi connectivity index (χ0n) is 19.0. The van der Waals surface area contributed by atoms with Crippen LogP contribution in [0.4, 0.5) is 0 Å². The fourth-order valence-electron chi connectivity index (χ4n) is 6.93. The molecule has 6 aromatic carbocycles. The maximum Gasteiger partial charge on any atom is 0.182 e. The monoisotopic (exact) mass is 446 g/mol. The first kappa shape index (κ1) is 18.5. The summed E-state index contributed by atoms with van der Waals surface area (Å²) in [5, 5.41) is 11.7. The van der Waals surface area contributed by atoms with Crippen LogP contribution in [-0.2, 0) is 0 Å². The Morgan fingerprint density at radius 2 is 0.941 bits per heavy atom. The van der Waals surface area contributed by atoms with Gasteiger partial charge in [0.2, 0.25) is 0 Å². The summed E-state index contributed by atoms with van der Waals surface area (Å²) < 4.78 is 0. The van der Waals surface area contributed by atoms with Crippen molar-refractivity contribution in [3.05, 3.63) is 121 Å². The minimum Gasteiger partial charge on any atom is -0.0623 e. The van der Waals surface area contributed by atoms with Crippen molar-refractivity contribution in [1.29, 1.82) is 0 Å². The molecule has 0 bridgehead atoms. The van der Waals surface area contributed by atoms with E-state index >= 15 is 0 Å². The van der Waals surface area contributed by atoms with E-state index in [1.54, 1.807) is 20.7 Å². The van der Waals surface area contributed by atoms with Gasteiger partial charge in [-0.3, -0.25) is 0 Å². The van der Waals surface area contributed by atoms with E-state index in [9.17, 15) is 0 Å². The molecule has 0 aromatic heterocycles. The third-order valence-corrected chi connectivity index (χ3v) is 13.1. The molecule has 0 aliphatic carbocycles. The van der Waals surface area contributed by atoms with Gasteiger partial charge in [-0.25, -0.2) is 0 Å². The number of hydrogen-bond donors (Lipinski definition) is 0. The summed E-state index contributed by atoms with van der Waals surface area (Å²) in [6, 6.07) is 43.8. The molecule has 1 spiro atoms. The smallest absolute Gasteiger partial charge is 0.0623 e. The molecule has 158 valence electrons. The van der Waals surface area contributed by atoms with Crippen LogP contribution in [0.15, 0.2) is 115 Å². The highest BCUT2D eigenvalue weighted by atomic mass is 28.3. The first-order chi connectivity index (χ1) is 16.8. The average Bonchev–Trinajstić information content (AvgIpc) is 3.36. The Morgan fingerprint density at radius 1 is 0.441 bits per heavy atom. The minimum absolute atomic E-state index is 1.33. The molecule has 0 nitrogen and oxygen atoms in total. The van der Waals surface area contributed by atoms with E-state index in [0.29, 0.717) is 0 Å². The van der Waals surface area contributed by atoms with Gasteiger partial charge in [-0.05, 0) is 71.5 Å². The second-order valence-corrected chi connectivity index (χ2v) is 13.3. The summed E-state index contributed by atoms with van der Waals surface area (Å²) in [7, 11) is -2.46. The molecule has 8 rings (SSSR count). The topological polar surface area (TPSA) is 0 Å². The second kappa shape index (κ2) is 6.34. The maximum atomic E-state index is 2.46. The molecule has 2 aliphatic rings. The van der Waals surface area contributed by atoms with E-state index in [-0.39, 0.29) is 0 Å². The van der Waals surface area contributed by atoms with Crippen molar-refractivity contribution >= 4 is 50.4 Å². The quantitative estimate of drug-likeness (QED) is 0.209. The Morgan fingerprint density at radius 3 is 1.62 bits per heavy atom. The van der Waals surface area contributed by atoms with Crippen molar-refractivity contribution < 1.29 is 0 Å². The lowest BCUT2D eigenvalue weighted by Crippen LogP contribution is -2.70. The first-order valence-electron chi connectivity index (χ1n) is 12.0. The van der Waals surface area contributed by atoms with Crippen LogP contribution in [0.5, 0.6) is 0 Å². The Hall–Kier alpha value is -3.94. The molecule has 6 aromatic rings. The Bertz CT molecular complexity index is 1780. The minimum atomic E-state index is -2.46. The molecule has 0 saturated heterocycles. The van der Waals surface area contributed by atoms with Gasteiger partial charge in [0.15, 0.2) is 8.07 Å². The Labute approximate surface area is 200 Å². The standard InChI is InChI=1S/C33H22Si/c1-21-18-19-31-28(20-21)32-26-14-4-2-10-22(26)23-11-3-5-15-27(23)33(32)34(31)29-16-8-6-12-24(29)25-13-7-9-17-30(25)34/h2-20H,1H3. The molecule has 0 unspecified atom stereocenters. The Kier molecular flexibility index (Phi) is 3.45. The van der Waals surface area contributed by atoms with E-state index in [0.717, 1.165) is 0 Å². The molecule has 0 N–H and O–H groups in total. The highest BCUT2D eigenvalue weighted by molar-refractivity contribution is 7.25. The van der Waals surface area contributed by atoms with Crippen LogP contribution in [0.1, 0.15) is 5.56 Å². The van der Waals surface area contributed by atoms with Crippen molar-refractivity contribution in [2.75, 3.05) is 0 Å². The van der Waals surface area contributed by atoms with E-state index in [1.165, 1.54) is 49.4 Å². The molecule has 0 amide bonds. The van der Waals surface area contributed by atoms with E-state index in [4.69, 9.17) is 0 Å². The molecule has 0 fully saturated rings. The third kappa shape index (κ3) is 2.01. The summed E-state index contributed by atoms with van der Waals surface area (Å²) in [5.41, 5.74) is 7.07. The zero-order valence-corrected chi connectivity index (χ0v) is 20.0. The fraction of sp³-hybridized carbons (Fsp3) is 0.0303. The summed E-state index contributed by atoms with van der Waals surface area (Å²) in [6.45, 7) is 2.23. The van der Waals surface area contributed by atoms with Gasteiger partial charge in [-0.15, -0.1) is 0 Å². The number of fused-ring (bicyclic) bond motifs is 15. The lowest BCUT2D eigenvalue weighted by molar-refractivity contribution is 1.49. The van der Waals surface area contributed by atoms with Crippen molar-refractivity contribution in [3.63, 3.8) is 0 Å². The van der Waals surface area contributed by atoms with Gasteiger partial charge in [-0.2, -0.15) is 0 Å². The molecule has 0 radical (unpaired) electrons. The molecule has 2 heterocycles. The van der Waals surface area contributed by atoms with Gasteiger partial charge in [0.05, 0.1) is 0 Å². The van der Waals surface area contributed by atoms with Gasteiger partial charge >= 0.3 is 0 Å². The van der Waals surface area contributed by atoms with Gasteiger partial charge < -0.3 is 0 Å².